The Balaban J connectivity index is 1.54. The largest absolute Gasteiger partial charge is 0.493 e. The van der Waals surface area contributed by atoms with E-state index in [4.69, 9.17) is 14.2 Å². The van der Waals surface area contributed by atoms with E-state index in [1.165, 1.54) is 45.6 Å². The van der Waals surface area contributed by atoms with Crippen molar-refractivity contribution in [3.8, 4) is 17.2 Å². The average molecular weight is 483 g/mol. The normalized spacial score (nSPS) is 14.2. The van der Waals surface area contributed by atoms with E-state index in [1.54, 1.807) is 41.3 Å². The van der Waals surface area contributed by atoms with Crippen LogP contribution in [0.3, 0.4) is 0 Å². The van der Waals surface area contributed by atoms with E-state index in [2.05, 4.69) is 4.90 Å². The summed E-state index contributed by atoms with van der Waals surface area (Å²) in [6.07, 6.45) is 0. The molecule has 0 N–H and O–H groups in total. The van der Waals surface area contributed by atoms with Crippen molar-refractivity contribution in [1.29, 1.82) is 0 Å². The number of methoxy groups -OCH3 is 3. The van der Waals surface area contributed by atoms with Crippen molar-refractivity contribution in [3.05, 3.63) is 89.0 Å². The summed E-state index contributed by atoms with van der Waals surface area (Å²) in [7, 11) is 4.53. The van der Waals surface area contributed by atoms with Crippen molar-refractivity contribution in [2.75, 3.05) is 47.5 Å². The molecule has 1 heterocycles. The number of rotatable bonds is 7. The van der Waals surface area contributed by atoms with Crippen molar-refractivity contribution in [2.24, 2.45) is 0 Å². The molecule has 1 aliphatic heterocycles. The van der Waals surface area contributed by atoms with Gasteiger partial charge in [0, 0.05) is 31.7 Å². The molecule has 0 bridgehead atoms. The maximum atomic E-state index is 13.6. The van der Waals surface area contributed by atoms with Crippen LogP contribution in [0.5, 0.6) is 17.2 Å². The third-order valence-corrected chi connectivity index (χ3v) is 6.25. The van der Waals surface area contributed by atoms with Crippen LogP contribution in [0, 0.1) is 11.6 Å². The molecule has 4 rings (SSSR count). The molecule has 3 aromatic carbocycles. The SMILES string of the molecule is COc1cc(C(=O)N2CCN(C(c3ccc(F)cc3)c3ccc(F)cc3)CC2)cc(OC)c1OC. The summed E-state index contributed by atoms with van der Waals surface area (Å²) in [5.41, 5.74) is 2.26. The number of nitrogens with zero attached hydrogens (tertiary/aromatic N) is 2. The molecular formula is C27H28F2N2O4. The molecule has 3 aromatic rings. The Morgan fingerprint density at radius 1 is 0.743 bits per heavy atom. The second kappa shape index (κ2) is 10.7. The lowest BCUT2D eigenvalue weighted by Gasteiger charge is -2.40. The van der Waals surface area contributed by atoms with Crippen molar-refractivity contribution in [3.63, 3.8) is 0 Å². The van der Waals surface area contributed by atoms with Gasteiger partial charge in [-0.15, -0.1) is 0 Å². The second-order valence-electron chi connectivity index (χ2n) is 8.25. The average Bonchev–Trinajstić information content (AvgIpc) is 2.90. The number of benzene rings is 3. The number of hydrogen-bond donors (Lipinski definition) is 0. The fourth-order valence-corrected chi connectivity index (χ4v) is 4.47. The summed E-state index contributed by atoms with van der Waals surface area (Å²) in [5, 5.41) is 0. The number of hydrogen-bond acceptors (Lipinski definition) is 5. The van der Waals surface area contributed by atoms with Crippen molar-refractivity contribution in [1.82, 2.24) is 9.80 Å². The molecule has 1 saturated heterocycles. The summed E-state index contributed by atoms with van der Waals surface area (Å²) in [4.78, 5) is 17.3. The first-order valence-electron chi connectivity index (χ1n) is 11.3. The predicted molar refractivity (Wildman–Crippen MR) is 128 cm³/mol. The highest BCUT2D eigenvalue weighted by molar-refractivity contribution is 5.95. The van der Waals surface area contributed by atoms with Crippen LogP contribution < -0.4 is 14.2 Å². The summed E-state index contributed by atoms with van der Waals surface area (Å²) in [6, 6.07) is 15.8. The van der Waals surface area contributed by atoms with Crippen molar-refractivity contribution < 1.29 is 27.8 Å². The van der Waals surface area contributed by atoms with Gasteiger partial charge in [0.1, 0.15) is 11.6 Å². The van der Waals surface area contributed by atoms with Crippen LogP contribution in [-0.4, -0.2) is 63.2 Å². The van der Waals surface area contributed by atoms with Crippen molar-refractivity contribution >= 4 is 5.91 Å². The van der Waals surface area contributed by atoms with E-state index in [1.807, 2.05) is 0 Å². The molecule has 0 radical (unpaired) electrons. The monoisotopic (exact) mass is 482 g/mol. The lowest BCUT2D eigenvalue weighted by Crippen LogP contribution is -2.49. The zero-order valence-corrected chi connectivity index (χ0v) is 20.0. The first-order valence-corrected chi connectivity index (χ1v) is 11.3. The Morgan fingerprint density at radius 3 is 1.60 bits per heavy atom. The van der Waals surface area contributed by atoms with E-state index in [9.17, 15) is 13.6 Å². The van der Waals surface area contributed by atoms with Gasteiger partial charge in [-0.25, -0.2) is 8.78 Å². The number of halogens is 2. The predicted octanol–water partition coefficient (Wildman–Crippen LogP) is 4.54. The summed E-state index contributed by atoms with van der Waals surface area (Å²) in [6.45, 7) is 2.17. The van der Waals surface area contributed by atoms with Gasteiger partial charge in [0.2, 0.25) is 5.75 Å². The molecule has 8 heteroatoms. The summed E-state index contributed by atoms with van der Waals surface area (Å²) in [5.74, 6) is 0.504. The highest BCUT2D eigenvalue weighted by Gasteiger charge is 2.29. The van der Waals surface area contributed by atoms with Gasteiger partial charge in [0.15, 0.2) is 11.5 Å². The van der Waals surface area contributed by atoms with E-state index < -0.39 is 0 Å². The van der Waals surface area contributed by atoms with Gasteiger partial charge in [0.25, 0.3) is 5.91 Å². The number of amides is 1. The quantitative estimate of drug-likeness (QED) is 0.495. The van der Waals surface area contributed by atoms with Gasteiger partial charge < -0.3 is 19.1 Å². The minimum absolute atomic E-state index is 0.135. The fourth-order valence-electron chi connectivity index (χ4n) is 4.47. The molecule has 0 aromatic heterocycles. The molecule has 1 fully saturated rings. The molecule has 0 atom stereocenters. The van der Waals surface area contributed by atoms with E-state index in [-0.39, 0.29) is 23.6 Å². The maximum absolute atomic E-state index is 13.6. The van der Waals surface area contributed by atoms with Crippen molar-refractivity contribution in [2.45, 2.75) is 6.04 Å². The van der Waals surface area contributed by atoms with Gasteiger partial charge in [-0.05, 0) is 47.5 Å². The first-order chi connectivity index (χ1) is 16.9. The molecular weight excluding hydrogens is 454 g/mol. The van der Waals surface area contributed by atoms with Gasteiger partial charge in [-0.1, -0.05) is 24.3 Å². The van der Waals surface area contributed by atoms with Gasteiger partial charge in [-0.2, -0.15) is 0 Å². The van der Waals surface area contributed by atoms with Crippen LogP contribution in [0.4, 0.5) is 8.78 Å². The zero-order valence-electron chi connectivity index (χ0n) is 20.0. The van der Waals surface area contributed by atoms with Crippen LogP contribution in [-0.2, 0) is 0 Å². The topological polar surface area (TPSA) is 51.2 Å². The third kappa shape index (κ3) is 5.22. The minimum Gasteiger partial charge on any atom is -0.493 e. The molecule has 0 saturated carbocycles. The molecule has 184 valence electrons. The Bertz CT molecular complexity index is 1090. The van der Waals surface area contributed by atoms with E-state index >= 15 is 0 Å². The number of ether oxygens (including phenoxy) is 3. The highest BCUT2D eigenvalue weighted by Crippen LogP contribution is 2.38. The van der Waals surface area contributed by atoms with Crippen LogP contribution in [0.2, 0.25) is 0 Å². The van der Waals surface area contributed by atoms with E-state index in [0.29, 0.717) is 49.0 Å². The van der Waals surface area contributed by atoms with Gasteiger partial charge in [-0.3, -0.25) is 9.69 Å². The zero-order chi connectivity index (χ0) is 24.9. The molecule has 35 heavy (non-hydrogen) atoms. The number of carbonyl (C=O) groups excluding carboxylic acids is 1. The molecule has 0 unspecified atom stereocenters. The summed E-state index contributed by atoms with van der Waals surface area (Å²) < 4.78 is 43.3. The molecule has 0 spiro atoms. The first kappa shape index (κ1) is 24.5. The molecule has 1 amide bonds. The van der Waals surface area contributed by atoms with Crippen LogP contribution in [0.15, 0.2) is 60.7 Å². The fraction of sp³-hybridized carbons (Fsp3) is 0.296. The molecule has 6 nitrogen and oxygen atoms in total. The maximum Gasteiger partial charge on any atom is 0.254 e. The lowest BCUT2D eigenvalue weighted by atomic mass is 9.96. The third-order valence-electron chi connectivity index (χ3n) is 6.25. The number of carbonyl (C=O) groups is 1. The minimum atomic E-state index is -0.313. The van der Waals surface area contributed by atoms with E-state index in [0.717, 1.165) is 11.1 Å². The van der Waals surface area contributed by atoms with Crippen LogP contribution in [0.1, 0.15) is 27.5 Å². The van der Waals surface area contributed by atoms with Crippen LogP contribution >= 0.6 is 0 Å². The lowest BCUT2D eigenvalue weighted by molar-refractivity contribution is 0.0596. The molecule has 0 aliphatic carbocycles. The van der Waals surface area contributed by atoms with Crippen LogP contribution in [0.25, 0.3) is 0 Å². The Morgan fingerprint density at radius 2 is 1.20 bits per heavy atom. The Hall–Kier alpha value is -3.65. The number of piperazine rings is 1. The van der Waals surface area contributed by atoms with Gasteiger partial charge >= 0.3 is 0 Å². The standard InChI is InChI=1S/C27H28F2N2O4/c1-33-23-16-20(17-24(34-2)26(23)35-3)27(32)31-14-12-30(13-15-31)25(18-4-8-21(28)9-5-18)19-6-10-22(29)11-7-19/h4-11,16-17,25H,12-15H2,1-3H3. The molecule has 1 aliphatic rings. The summed E-state index contributed by atoms with van der Waals surface area (Å²) >= 11 is 0. The Kier molecular flexibility index (Phi) is 7.51. The second-order valence-corrected chi connectivity index (χ2v) is 8.25. The Labute approximate surface area is 203 Å². The smallest absolute Gasteiger partial charge is 0.254 e. The highest BCUT2D eigenvalue weighted by atomic mass is 19.1. The van der Waals surface area contributed by atoms with Gasteiger partial charge in [0.05, 0.1) is 27.4 Å².